The zero-order valence-corrected chi connectivity index (χ0v) is 12.5. The van der Waals surface area contributed by atoms with Gasteiger partial charge in [-0.2, -0.15) is 0 Å². The highest BCUT2D eigenvalue weighted by atomic mass is 35.5. The molecule has 4 nitrogen and oxygen atoms in total. The monoisotopic (exact) mass is 303 g/mol. The molecule has 0 radical (unpaired) electrons. The average Bonchev–Trinajstić information content (AvgIpc) is 2.92. The molecule has 0 saturated heterocycles. The van der Waals surface area contributed by atoms with E-state index in [-0.39, 0.29) is 12.7 Å². The van der Waals surface area contributed by atoms with Crippen molar-refractivity contribution in [3.05, 3.63) is 52.0 Å². The van der Waals surface area contributed by atoms with Gasteiger partial charge in [0.05, 0.1) is 5.02 Å². The fraction of sp³-hybridized carbons (Fsp3) is 0.188. The van der Waals surface area contributed by atoms with Gasteiger partial charge in [0.15, 0.2) is 11.5 Å². The van der Waals surface area contributed by atoms with Crippen LogP contribution in [0.3, 0.4) is 0 Å². The number of hydrogen-bond donors (Lipinski definition) is 1. The minimum Gasteiger partial charge on any atom is -0.454 e. The van der Waals surface area contributed by atoms with Crippen molar-refractivity contribution in [2.45, 2.75) is 13.8 Å². The van der Waals surface area contributed by atoms with Crippen LogP contribution >= 0.6 is 11.6 Å². The fourth-order valence-electron chi connectivity index (χ4n) is 2.18. The van der Waals surface area contributed by atoms with Crippen molar-refractivity contribution in [2.75, 3.05) is 12.1 Å². The maximum atomic E-state index is 12.4. The van der Waals surface area contributed by atoms with Gasteiger partial charge in [0.1, 0.15) is 0 Å². The van der Waals surface area contributed by atoms with Crippen molar-refractivity contribution < 1.29 is 14.3 Å². The van der Waals surface area contributed by atoms with Crippen LogP contribution in [0.1, 0.15) is 21.5 Å². The lowest BCUT2D eigenvalue weighted by molar-refractivity contribution is 0.102. The molecule has 3 rings (SSSR count). The summed E-state index contributed by atoms with van der Waals surface area (Å²) >= 11 is 6.09. The highest BCUT2D eigenvalue weighted by Crippen LogP contribution is 2.39. The molecule has 2 aromatic rings. The van der Waals surface area contributed by atoms with E-state index in [2.05, 4.69) is 5.32 Å². The van der Waals surface area contributed by atoms with Crippen molar-refractivity contribution in [2.24, 2.45) is 0 Å². The summed E-state index contributed by atoms with van der Waals surface area (Å²) in [5.41, 5.74) is 3.38. The molecule has 0 spiro atoms. The molecule has 0 bridgehead atoms. The van der Waals surface area contributed by atoms with Crippen LogP contribution in [0.5, 0.6) is 11.5 Å². The number of anilines is 1. The second-order valence-corrected chi connectivity index (χ2v) is 5.30. The minimum atomic E-state index is -0.232. The quantitative estimate of drug-likeness (QED) is 0.914. The van der Waals surface area contributed by atoms with Crippen molar-refractivity contribution in [3.8, 4) is 11.5 Å². The van der Waals surface area contributed by atoms with Crippen LogP contribution in [0, 0.1) is 13.8 Å². The Morgan fingerprint density at radius 1 is 1.24 bits per heavy atom. The molecule has 0 fully saturated rings. The Morgan fingerprint density at radius 2 is 2.05 bits per heavy atom. The van der Waals surface area contributed by atoms with E-state index in [1.807, 2.05) is 32.0 Å². The first kappa shape index (κ1) is 13.8. The first-order valence-corrected chi connectivity index (χ1v) is 6.91. The molecular weight excluding hydrogens is 290 g/mol. The van der Waals surface area contributed by atoms with Gasteiger partial charge < -0.3 is 14.8 Å². The third kappa shape index (κ3) is 2.54. The number of aryl methyl sites for hydroxylation is 1. The average molecular weight is 304 g/mol. The minimum absolute atomic E-state index is 0.122. The molecule has 0 unspecified atom stereocenters. The third-order valence-corrected chi connectivity index (χ3v) is 3.82. The molecule has 0 saturated carbocycles. The third-order valence-electron chi connectivity index (χ3n) is 3.54. The first-order chi connectivity index (χ1) is 10.1. The summed E-state index contributed by atoms with van der Waals surface area (Å²) in [6.07, 6.45) is 0. The zero-order chi connectivity index (χ0) is 15.0. The van der Waals surface area contributed by atoms with Gasteiger partial charge in [-0.25, -0.2) is 0 Å². The predicted molar refractivity (Wildman–Crippen MR) is 81.4 cm³/mol. The topological polar surface area (TPSA) is 47.6 Å². The largest absolute Gasteiger partial charge is 0.454 e. The molecule has 0 aromatic heterocycles. The van der Waals surface area contributed by atoms with E-state index >= 15 is 0 Å². The summed E-state index contributed by atoms with van der Waals surface area (Å²) in [5.74, 6) is 0.748. The van der Waals surface area contributed by atoms with Crippen LogP contribution in [0.25, 0.3) is 0 Å². The molecule has 5 heteroatoms. The Bertz CT molecular complexity index is 728. The molecular formula is C16H14ClNO3. The van der Waals surface area contributed by atoms with E-state index in [1.165, 1.54) is 0 Å². The van der Waals surface area contributed by atoms with Gasteiger partial charge in [-0.3, -0.25) is 4.79 Å². The second-order valence-electron chi connectivity index (χ2n) is 4.89. The van der Waals surface area contributed by atoms with Gasteiger partial charge in [-0.15, -0.1) is 0 Å². The number of fused-ring (bicyclic) bond motifs is 1. The lowest BCUT2D eigenvalue weighted by atomic mass is 10.1. The number of ether oxygens (including phenoxy) is 2. The summed E-state index contributed by atoms with van der Waals surface area (Å²) in [4.78, 5) is 12.4. The first-order valence-electron chi connectivity index (χ1n) is 6.53. The Balaban J connectivity index is 1.89. The maximum Gasteiger partial charge on any atom is 0.255 e. The van der Waals surface area contributed by atoms with Crippen LogP contribution < -0.4 is 14.8 Å². The number of amides is 1. The van der Waals surface area contributed by atoms with Gasteiger partial charge in [0.25, 0.3) is 5.91 Å². The number of nitrogens with one attached hydrogen (secondary N) is 1. The molecule has 1 N–H and O–H groups in total. The fourth-order valence-corrected chi connectivity index (χ4v) is 2.44. The SMILES string of the molecule is Cc1cccc(NC(=O)c2cc(Cl)c3c(c2)OCO3)c1C. The summed E-state index contributed by atoms with van der Waals surface area (Å²) < 4.78 is 10.5. The Labute approximate surface area is 127 Å². The summed E-state index contributed by atoms with van der Waals surface area (Å²) in [6, 6.07) is 8.99. The molecule has 1 aliphatic rings. The van der Waals surface area contributed by atoms with E-state index in [0.29, 0.717) is 22.1 Å². The van der Waals surface area contributed by atoms with Crippen molar-refractivity contribution >= 4 is 23.2 Å². The lowest BCUT2D eigenvalue weighted by Crippen LogP contribution is -2.13. The van der Waals surface area contributed by atoms with Crippen LogP contribution in [-0.2, 0) is 0 Å². The van der Waals surface area contributed by atoms with Gasteiger partial charge in [0, 0.05) is 11.3 Å². The van der Waals surface area contributed by atoms with Crippen molar-refractivity contribution in [1.82, 2.24) is 0 Å². The highest BCUT2D eigenvalue weighted by Gasteiger charge is 2.21. The molecule has 1 amide bonds. The normalized spacial score (nSPS) is 12.3. The Hall–Kier alpha value is -2.20. The van der Waals surface area contributed by atoms with Crippen LogP contribution in [0.15, 0.2) is 30.3 Å². The molecule has 1 heterocycles. The molecule has 21 heavy (non-hydrogen) atoms. The summed E-state index contributed by atoms with van der Waals surface area (Å²) in [7, 11) is 0. The van der Waals surface area contributed by atoms with E-state index in [4.69, 9.17) is 21.1 Å². The van der Waals surface area contributed by atoms with Crippen molar-refractivity contribution in [3.63, 3.8) is 0 Å². The van der Waals surface area contributed by atoms with E-state index < -0.39 is 0 Å². The zero-order valence-electron chi connectivity index (χ0n) is 11.7. The lowest BCUT2D eigenvalue weighted by Gasteiger charge is -2.11. The number of hydrogen-bond acceptors (Lipinski definition) is 3. The number of carbonyl (C=O) groups excluding carboxylic acids is 1. The van der Waals surface area contributed by atoms with Gasteiger partial charge in [0.2, 0.25) is 6.79 Å². The van der Waals surface area contributed by atoms with E-state index in [1.54, 1.807) is 12.1 Å². The smallest absolute Gasteiger partial charge is 0.255 e. The summed E-state index contributed by atoms with van der Waals surface area (Å²) in [5, 5.41) is 3.26. The van der Waals surface area contributed by atoms with E-state index in [9.17, 15) is 4.79 Å². The molecule has 2 aromatic carbocycles. The predicted octanol–water partition coefficient (Wildman–Crippen LogP) is 3.94. The van der Waals surface area contributed by atoms with Crippen LogP contribution in [0.4, 0.5) is 5.69 Å². The Morgan fingerprint density at radius 3 is 2.86 bits per heavy atom. The Kier molecular flexibility index (Phi) is 3.47. The standard InChI is InChI=1S/C16H14ClNO3/c1-9-4-3-5-13(10(9)2)18-16(19)11-6-12(17)15-14(7-11)20-8-21-15/h3-7H,8H2,1-2H3,(H,18,19). The van der Waals surface area contributed by atoms with Crippen molar-refractivity contribution in [1.29, 1.82) is 0 Å². The second kappa shape index (κ2) is 5.30. The molecule has 0 atom stereocenters. The maximum absolute atomic E-state index is 12.4. The van der Waals surface area contributed by atoms with Crippen LogP contribution in [0.2, 0.25) is 5.02 Å². The van der Waals surface area contributed by atoms with Gasteiger partial charge in [-0.05, 0) is 43.2 Å². The molecule has 108 valence electrons. The number of rotatable bonds is 2. The van der Waals surface area contributed by atoms with Gasteiger partial charge in [-0.1, -0.05) is 23.7 Å². The van der Waals surface area contributed by atoms with Gasteiger partial charge >= 0.3 is 0 Å². The number of halogens is 1. The number of carbonyl (C=O) groups is 1. The van der Waals surface area contributed by atoms with Crippen LogP contribution in [-0.4, -0.2) is 12.7 Å². The molecule has 0 aliphatic carbocycles. The van der Waals surface area contributed by atoms with E-state index in [0.717, 1.165) is 16.8 Å². The molecule has 1 aliphatic heterocycles. The highest BCUT2D eigenvalue weighted by molar-refractivity contribution is 6.32. The summed E-state index contributed by atoms with van der Waals surface area (Å²) in [6.45, 7) is 4.09. The number of benzene rings is 2.